The minimum atomic E-state index is -0.517. The van der Waals surface area contributed by atoms with Crippen LogP contribution in [0.25, 0.3) is 0 Å². The zero-order valence-corrected chi connectivity index (χ0v) is 7.71. The maximum atomic E-state index is 10.4. The van der Waals surface area contributed by atoms with Gasteiger partial charge in [0.15, 0.2) is 0 Å². The molecule has 0 aliphatic carbocycles. The third kappa shape index (κ3) is 1.79. The van der Waals surface area contributed by atoms with Gasteiger partial charge in [0.25, 0.3) is 5.69 Å². The minimum absolute atomic E-state index is 0.0696. The van der Waals surface area contributed by atoms with Crippen LogP contribution in [-0.4, -0.2) is 4.92 Å². The Balaban J connectivity index is 3.39. The van der Waals surface area contributed by atoms with Crippen LogP contribution < -0.4 is 0 Å². The van der Waals surface area contributed by atoms with Crippen molar-refractivity contribution in [3.05, 3.63) is 33.4 Å². The van der Waals surface area contributed by atoms with Gasteiger partial charge in [-0.2, -0.15) is 5.26 Å². The first kappa shape index (κ1) is 9.55. The van der Waals surface area contributed by atoms with Crippen LogP contribution in [-0.2, 0) is 0 Å². The molecule has 0 aromatic heterocycles. The van der Waals surface area contributed by atoms with E-state index in [4.69, 9.17) is 5.26 Å². The molecule has 0 fully saturated rings. The number of rotatable bonds is 1. The lowest BCUT2D eigenvalue weighted by atomic mass is 10.1. The van der Waals surface area contributed by atoms with E-state index in [2.05, 4.69) is 12.6 Å². The molecule has 0 spiro atoms. The van der Waals surface area contributed by atoms with Crippen molar-refractivity contribution in [2.24, 2.45) is 0 Å². The number of nitrogens with zero attached hydrogens (tertiary/aromatic N) is 2. The van der Waals surface area contributed by atoms with Gasteiger partial charge in [0.1, 0.15) is 0 Å². The van der Waals surface area contributed by atoms with Gasteiger partial charge in [-0.15, -0.1) is 12.6 Å². The van der Waals surface area contributed by atoms with E-state index in [0.717, 1.165) is 0 Å². The summed E-state index contributed by atoms with van der Waals surface area (Å²) in [7, 11) is 0. The number of nitro groups is 1. The number of aryl methyl sites for hydroxylation is 1. The summed E-state index contributed by atoms with van der Waals surface area (Å²) in [4.78, 5) is 10.1. The molecule has 5 heteroatoms. The maximum absolute atomic E-state index is 10.4. The second kappa shape index (κ2) is 3.46. The molecule has 1 aromatic rings. The fourth-order valence-electron chi connectivity index (χ4n) is 0.948. The van der Waals surface area contributed by atoms with Gasteiger partial charge in [0.2, 0.25) is 0 Å². The molecule has 66 valence electrons. The summed E-state index contributed by atoms with van der Waals surface area (Å²) < 4.78 is 0. The fourth-order valence-corrected chi connectivity index (χ4v) is 1.22. The highest BCUT2D eigenvalue weighted by Crippen LogP contribution is 2.25. The molecule has 4 nitrogen and oxygen atoms in total. The van der Waals surface area contributed by atoms with Crippen molar-refractivity contribution < 1.29 is 4.92 Å². The van der Waals surface area contributed by atoms with E-state index in [0.29, 0.717) is 11.1 Å². The third-order valence-corrected chi connectivity index (χ3v) is 2.00. The van der Waals surface area contributed by atoms with Gasteiger partial charge in [0, 0.05) is 6.07 Å². The summed E-state index contributed by atoms with van der Waals surface area (Å²) >= 11 is 3.92. The second-order valence-corrected chi connectivity index (χ2v) is 3.01. The lowest BCUT2D eigenvalue weighted by Crippen LogP contribution is -1.92. The molecule has 13 heavy (non-hydrogen) atoms. The lowest BCUT2D eigenvalue weighted by molar-refractivity contribution is -0.387. The molecule has 0 N–H and O–H groups in total. The standard InChI is InChI=1S/C8H6N2O2S/c1-5-2-7(10(11)12)8(13)3-6(5)4-9/h2-3,13H,1H3. The normalized spacial score (nSPS) is 9.31. The third-order valence-electron chi connectivity index (χ3n) is 1.64. The molecule has 0 atom stereocenters. The van der Waals surface area contributed by atoms with Gasteiger partial charge >= 0.3 is 0 Å². The van der Waals surface area contributed by atoms with Crippen molar-refractivity contribution in [3.63, 3.8) is 0 Å². The van der Waals surface area contributed by atoms with Gasteiger partial charge in [-0.1, -0.05) is 0 Å². The van der Waals surface area contributed by atoms with E-state index < -0.39 is 4.92 Å². The minimum Gasteiger partial charge on any atom is -0.258 e. The van der Waals surface area contributed by atoms with E-state index in [-0.39, 0.29) is 10.6 Å². The molecular weight excluding hydrogens is 188 g/mol. The van der Waals surface area contributed by atoms with Gasteiger partial charge in [-0.3, -0.25) is 10.1 Å². The molecule has 0 saturated carbocycles. The van der Waals surface area contributed by atoms with Crippen LogP contribution in [0.5, 0.6) is 0 Å². The SMILES string of the molecule is Cc1cc([N+](=O)[O-])c(S)cc1C#N. The Bertz CT molecular complexity index is 409. The summed E-state index contributed by atoms with van der Waals surface area (Å²) in [6.07, 6.45) is 0. The molecule has 0 heterocycles. The summed E-state index contributed by atoms with van der Waals surface area (Å²) in [5, 5.41) is 19.1. The predicted octanol–water partition coefficient (Wildman–Crippen LogP) is 2.06. The van der Waals surface area contributed by atoms with E-state index >= 15 is 0 Å². The molecule has 0 radical (unpaired) electrons. The molecule has 1 aromatic carbocycles. The van der Waals surface area contributed by atoms with Crippen LogP contribution in [0.15, 0.2) is 17.0 Å². The first-order valence-corrected chi connectivity index (χ1v) is 3.89. The molecular formula is C8H6N2O2S. The van der Waals surface area contributed by atoms with Gasteiger partial charge in [-0.25, -0.2) is 0 Å². The molecule has 0 saturated heterocycles. The van der Waals surface area contributed by atoms with Crippen molar-refractivity contribution in [2.45, 2.75) is 11.8 Å². The Hall–Kier alpha value is -1.54. The number of thiol groups is 1. The van der Waals surface area contributed by atoms with Crippen LogP contribution in [0.3, 0.4) is 0 Å². The molecule has 0 bridgehead atoms. The fraction of sp³-hybridized carbons (Fsp3) is 0.125. The van der Waals surface area contributed by atoms with Crippen LogP contribution in [0.1, 0.15) is 11.1 Å². The average Bonchev–Trinajstić information content (AvgIpc) is 2.07. The number of hydrogen-bond donors (Lipinski definition) is 1. The van der Waals surface area contributed by atoms with Crippen LogP contribution in [0, 0.1) is 28.4 Å². The number of hydrogen-bond acceptors (Lipinski definition) is 4. The highest BCUT2D eigenvalue weighted by molar-refractivity contribution is 7.80. The Labute approximate surface area is 80.4 Å². The first-order chi connectivity index (χ1) is 6.06. The highest BCUT2D eigenvalue weighted by atomic mass is 32.1. The summed E-state index contributed by atoms with van der Waals surface area (Å²) in [5.74, 6) is 0. The second-order valence-electron chi connectivity index (χ2n) is 2.52. The monoisotopic (exact) mass is 194 g/mol. The molecule has 1 rings (SSSR count). The van der Waals surface area contributed by atoms with Crippen LogP contribution in [0.2, 0.25) is 0 Å². The topological polar surface area (TPSA) is 66.9 Å². The zero-order valence-electron chi connectivity index (χ0n) is 6.81. The Morgan fingerprint density at radius 3 is 2.69 bits per heavy atom. The zero-order chi connectivity index (χ0) is 10.0. The van der Waals surface area contributed by atoms with Crippen molar-refractivity contribution in [1.29, 1.82) is 5.26 Å². The van der Waals surface area contributed by atoms with Crippen LogP contribution >= 0.6 is 12.6 Å². The maximum Gasteiger partial charge on any atom is 0.282 e. The summed E-state index contributed by atoms with van der Waals surface area (Å²) in [6.45, 7) is 1.65. The summed E-state index contributed by atoms with van der Waals surface area (Å²) in [5.41, 5.74) is 0.933. The Kier molecular flexibility index (Phi) is 2.54. The van der Waals surface area contributed by atoms with Crippen LogP contribution in [0.4, 0.5) is 5.69 Å². The smallest absolute Gasteiger partial charge is 0.258 e. The quantitative estimate of drug-likeness (QED) is 0.422. The average molecular weight is 194 g/mol. The Morgan fingerprint density at radius 1 is 1.62 bits per heavy atom. The van der Waals surface area contributed by atoms with Gasteiger partial charge in [0.05, 0.1) is 21.5 Å². The number of nitro benzene ring substituents is 1. The van der Waals surface area contributed by atoms with E-state index in [1.54, 1.807) is 6.92 Å². The van der Waals surface area contributed by atoms with E-state index in [1.807, 2.05) is 6.07 Å². The van der Waals surface area contributed by atoms with Crippen molar-refractivity contribution >= 4 is 18.3 Å². The predicted molar refractivity (Wildman–Crippen MR) is 49.8 cm³/mol. The lowest BCUT2D eigenvalue weighted by Gasteiger charge is -1.99. The van der Waals surface area contributed by atoms with Gasteiger partial charge < -0.3 is 0 Å². The molecule has 0 amide bonds. The van der Waals surface area contributed by atoms with Crippen molar-refractivity contribution in [1.82, 2.24) is 0 Å². The van der Waals surface area contributed by atoms with E-state index in [1.165, 1.54) is 12.1 Å². The number of nitriles is 1. The molecule has 0 aliphatic heterocycles. The Morgan fingerprint density at radius 2 is 2.23 bits per heavy atom. The largest absolute Gasteiger partial charge is 0.282 e. The van der Waals surface area contributed by atoms with Crippen molar-refractivity contribution in [2.75, 3.05) is 0 Å². The van der Waals surface area contributed by atoms with E-state index in [9.17, 15) is 10.1 Å². The van der Waals surface area contributed by atoms with Gasteiger partial charge in [-0.05, 0) is 18.6 Å². The molecule has 0 aliphatic rings. The first-order valence-electron chi connectivity index (χ1n) is 3.44. The molecule has 0 unspecified atom stereocenters. The number of benzene rings is 1. The van der Waals surface area contributed by atoms with Crippen molar-refractivity contribution in [3.8, 4) is 6.07 Å². The highest BCUT2D eigenvalue weighted by Gasteiger charge is 2.13. The summed E-state index contributed by atoms with van der Waals surface area (Å²) in [6, 6.07) is 4.68.